The highest BCUT2D eigenvalue weighted by molar-refractivity contribution is 5.86. The molecule has 0 unspecified atom stereocenters. The average molecular weight is 265 g/mol. The van der Waals surface area contributed by atoms with E-state index in [0.717, 1.165) is 21.9 Å². The summed E-state index contributed by atoms with van der Waals surface area (Å²) >= 11 is 0. The molecule has 20 heavy (non-hydrogen) atoms. The number of fused-ring (bicyclic) bond motifs is 1. The first-order valence-corrected chi connectivity index (χ1v) is 6.79. The fourth-order valence-electron chi connectivity index (χ4n) is 2.38. The lowest BCUT2D eigenvalue weighted by atomic mass is 9.97. The summed E-state index contributed by atoms with van der Waals surface area (Å²) in [7, 11) is 0. The second-order valence-corrected chi connectivity index (χ2v) is 5.33. The summed E-state index contributed by atoms with van der Waals surface area (Å²) in [5, 5.41) is 2.14. The second-order valence-electron chi connectivity index (χ2n) is 5.33. The highest BCUT2D eigenvalue weighted by Gasteiger charge is 2.08. The van der Waals surface area contributed by atoms with Crippen molar-refractivity contribution in [2.24, 2.45) is 0 Å². The molecule has 1 aromatic heterocycles. The molecule has 0 aliphatic rings. The molecule has 0 atom stereocenters. The maximum Gasteiger partial charge on any atom is 0.131 e. The zero-order chi connectivity index (χ0) is 14.1. The Morgan fingerprint density at radius 3 is 2.55 bits per heavy atom. The van der Waals surface area contributed by atoms with Crippen LogP contribution in [0.25, 0.3) is 21.9 Å². The smallest absolute Gasteiger partial charge is 0.131 e. The van der Waals surface area contributed by atoms with Crippen LogP contribution in [0.4, 0.5) is 4.39 Å². The van der Waals surface area contributed by atoms with Gasteiger partial charge in [0.05, 0.1) is 0 Å². The lowest BCUT2D eigenvalue weighted by Crippen LogP contribution is -1.91. The zero-order valence-corrected chi connectivity index (χ0v) is 11.6. The van der Waals surface area contributed by atoms with Crippen LogP contribution in [0.15, 0.2) is 54.9 Å². The van der Waals surface area contributed by atoms with Gasteiger partial charge in [-0.15, -0.1) is 0 Å². The van der Waals surface area contributed by atoms with Gasteiger partial charge in [0.1, 0.15) is 5.82 Å². The summed E-state index contributed by atoms with van der Waals surface area (Å²) in [5.74, 6) is 0.172. The third-order valence-electron chi connectivity index (χ3n) is 3.61. The van der Waals surface area contributed by atoms with Crippen molar-refractivity contribution in [1.29, 1.82) is 0 Å². The topological polar surface area (TPSA) is 12.9 Å². The fraction of sp³-hybridized carbons (Fsp3) is 0.167. The number of aromatic nitrogens is 1. The summed E-state index contributed by atoms with van der Waals surface area (Å²) in [4.78, 5) is 4.09. The first-order chi connectivity index (χ1) is 9.65. The van der Waals surface area contributed by atoms with Crippen molar-refractivity contribution in [3.05, 3.63) is 66.2 Å². The molecule has 0 radical (unpaired) electrons. The van der Waals surface area contributed by atoms with Crippen molar-refractivity contribution in [3.63, 3.8) is 0 Å². The molecule has 0 saturated carbocycles. The molecule has 0 N–H and O–H groups in total. The summed E-state index contributed by atoms with van der Waals surface area (Å²) in [5.41, 5.74) is 2.57. The van der Waals surface area contributed by atoms with Crippen molar-refractivity contribution >= 4 is 10.8 Å². The quantitative estimate of drug-likeness (QED) is 0.623. The first-order valence-electron chi connectivity index (χ1n) is 6.79. The fourth-order valence-corrected chi connectivity index (χ4v) is 2.38. The van der Waals surface area contributed by atoms with Crippen LogP contribution in [0.1, 0.15) is 25.3 Å². The molecule has 100 valence electrons. The second kappa shape index (κ2) is 5.04. The Morgan fingerprint density at radius 1 is 0.950 bits per heavy atom. The Hall–Kier alpha value is -2.22. The van der Waals surface area contributed by atoms with Crippen LogP contribution < -0.4 is 0 Å². The van der Waals surface area contributed by atoms with Gasteiger partial charge in [-0.25, -0.2) is 4.39 Å². The van der Waals surface area contributed by atoms with Crippen molar-refractivity contribution < 1.29 is 4.39 Å². The maximum atomic E-state index is 14.3. The number of rotatable bonds is 2. The molecule has 0 saturated heterocycles. The lowest BCUT2D eigenvalue weighted by Gasteiger charge is -2.09. The minimum absolute atomic E-state index is 0.162. The van der Waals surface area contributed by atoms with Gasteiger partial charge in [-0.05, 0) is 40.6 Å². The van der Waals surface area contributed by atoms with Gasteiger partial charge in [0.25, 0.3) is 0 Å². The molecule has 0 bridgehead atoms. The SMILES string of the molecule is CC(C)c1ccc(-c2ccc3cnccc3c2)c(F)c1. The molecule has 3 aromatic rings. The molecule has 0 aliphatic heterocycles. The number of pyridine rings is 1. The number of hydrogen-bond donors (Lipinski definition) is 0. The standard InChI is InChI=1S/C18H16FN/c1-12(2)13-5-6-17(18(19)10-13)15-3-4-16-11-20-8-7-14(16)9-15/h3-12H,1-2H3. The molecular formula is C18H16FN. The van der Waals surface area contributed by atoms with Gasteiger partial charge in [0.15, 0.2) is 0 Å². The van der Waals surface area contributed by atoms with E-state index in [0.29, 0.717) is 11.5 Å². The Labute approximate surface area is 118 Å². The van der Waals surface area contributed by atoms with Crippen molar-refractivity contribution in [2.75, 3.05) is 0 Å². The van der Waals surface area contributed by atoms with Crippen LogP contribution in [0.3, 0.4) is 0 Å². The molecule has 1 heterocycles. The van der Waals surface area contributed by atoms with Crippen LogP contribution >= 0.6 is 0 Å². The van der Waals surface area contributed by atoms with Gasteiger partial charge in [-0.1, -0.05) is 38.1 Å². The molecule has 0 fully saturated rings. The summed E-state index contributed by atoms with van der Waals surface area (Å²) in [6, 6.07) is 13.4. The Balaban J connectivity index is 2.10. The van der Waals surface area contributed by atoms with E-state index < -0.39 is 0 Å². The van der Waals surface area contributed by atoms with E-state index in [2.05, 4.69) is 18.8 Å². The van der Waals surface area contributed by atoms with Crippen molar-refractivity contribution in [2.45, 2.75) is 19.8 Å². The number of halogens is 1. The average Bonchev–Trinajstić information content (AvgIpc) is 2.46. The minimum atomic E-state index is -0.162. The molecule has 1 nitrogen and oxygen atoms in total. The predicted octanol–water partition coefficient (Wildman–Crippen LogP) is 5.16. The molecule has 0 amide bonds. The highest BCUT2D eigenvalue weighted by Crippen LogP contribution is 2.28. The van der Waals surface area contributed by atoms with E-state index in [1.54, 1.807) is 12.3 Å². The van der Waals surface area contributed by atoms with E-state index in [1.807, 2.05) is 42.6 Å². The van der Waals surface area contributed by atoms with E-state index in [-0.39, 0.29) is 5.82 Å². The van der Waals surface area contributed by atoms with Crippen molar-refractivity contribution in [3.8, 4) is 11.1 Å². The van der Waals surface area contributed by atoms with Gasteiger partial charge in [-0.2, -0.15) is 0 Å². The van der Waals surface area contributed by atoms with Crippen LogP contribution in [0.5, 0.6) is 0 Å². The van der Waals surface area contributed by atoms with E-state index >= 15 is 0 Å². The monoisotopic (exact) mass is 265 g/mol. The number of nitrogens with zero attached hydrogens (tertiary/aromatic N) is 1. The zero-order valence-electron chi connectivity index (χ0n) is 11.6. The number of benzene rings is 2. The van der Waals surface area contributed by atoms with E-state index in [9.17, 15) is 4.39 Å². The maximum absolute atomic E-state index is 14.3. The minimum Gasteiger partial charge on any atom is -0.264 e. The predicted molar refractivity (Wildman–Crippen MR) is 81.2 cm³/mol. The van der Waals surface area contributed by atoms with Gasteiger partial charge < -0.3 is 0 Å². The first kappa shape index (κ1) is 12.8. The van der Waals surface area contributed by atoms with Gasteiger partial charge in [0.2, 0.25) is 0 Å². The Kier molecular flexibility index (Phi) is 3.23. The van der Waals surface area contributed by atoms with Crippen LogP contribution in [-0.2, 0) is 0 Å². The third kappa shape index (κ3) is 2.29. The normalized spacial score (nSPS) is 11.2. The Morgan fingerprint density at radius 2 is 1.80 bits per heavy atom. The molecule has 0 spiro atoms. The van der Waals surface area contributed by atoms with Crippen molar-refractivity contribution in [1.82, 2.24) is 4.98 Å². The van der Waals surface area contributed by atoms with Gasteiger partial charge >= 0.3 is 0 Å². The van der Waals surface area contributed by atoms with Gasteiger partial charge in [0, 0.05) is 23.3 Å². The van der Waals surface area contributed by atoms with Crippen LogP contribution in [0.2, 0.25) is 0 Å². The molecule has 2 heteroatoms. The van der Waals surface area contributed by atoms with E-state index in [4.69, 9.17) is 0 Å². The molecule has 0 aliphatic carbocycles. The highest BCUT2D eigenvalue weighted by atomic mass is 19.1. The Bertz CT molecular complexity index is 762. The van der Waals surface area contributed by atoms with Crippen LogP contribution in [-0.4, -0.2) is 4.98 Å². The van der Waals surface area contributed by atoms with Gasteiger partial charge in [-0.3, -0.25) is 4.98 Å². The molecule has 3 rings (SSSR count). The lowest BCUT2D eigenvalue weighted by molar-refractivity contribution is 0.627. The number of hydrogen-bond acceptors (Lipinski definition) is 1. The molecule has 2 aromatic carbocycles. The van der Waals surface area contributed by atoms with Crippen LogP contribution in [0, 0.1) is 5.82 Å². The van der Waals surface area contributed by atoms with E-state index in [1.165, 1.54) is 0 Å². The molecular weight excluding hydrogens is 249 g/mol. The summed E-state index contributed by atoms with van der Waals surface area (Å²) in [6.07, 6.45) is 3.57. The third-order valence-corrected chi connectivity index (χ3v) is 3.61. The summed E-state index contributed by atoms with van der Waals surface area (Å²) < 4.78 is 14.3. The summed E-state index contributed by atoms with van der Waals surface area (Å²) in [6.45, 7) is 4.13. The largest absolute Gasteiger partial charge is 0.264 e.